The molecule has 0 bridgehead atoms. The molecule has 4 nitrogen and oxygen atoms in total. The van der Waals surface area contributed by atoms with E-state index in [-0.39, 0.29) is 11.7 Å². The molecule has 0 aliphatic rings. The Bertz CT molecular complexity index is 966. The van der Waals surface area contributed by atoms with Crippen LogP contribution in [0.15, 0.2) is 66.9 Å². The summed E-state index contributed by atoms with van der Waals surface area (Å²) >= 11 is 0. The fourth-order valence-electron chi connectivity index (χ4n) is 2.82. The second kappa shape index (κ2) is 8.34. The standard InChI is InChI=1S/C22H18F3NO3/c1-2-20(29-18-10-5-15(6-11-18)21(27)28)16-7-12-19(26-13-16)14-3-8-17(9-4-14)22(23,24)25/h3-13,20H,2H2,1H3,(H,27,28)/t20-/m0/s1. The van der Waals surface area contributed by atoms with Crippen molar-refractivity contribution >= 4 is 5.97 Å². The number of nitrogens with zero attached hydrogens (tertiary/aromatic N) is 1. The highest BCUT2D eigenvalue weighted by molar-refractivity contribution is 5.87. The summed E-state index contributed by atoms with van der Waals surface area (Å²) in [5.74, 6) is -0.472. The number of hydrogen-bond donors (Lipinski definition) is 1. The molecule has 2 aromatic carbocycles. The lowest BCUT2D eigenvalue weighted by molar-refractivity contribution is -0.137. The van der Waals surface area contributed by atoms with Crippen molar-refractivity contribution in [2.45, 2.75) is 25.6 Å². The van der Waals surface area contributed by atoms with Crippen LogP contribution >= 0.6 is 0 Å². The molecule has 0 amide bonds. The Morgan fingerprint density at radius 3 is 2.17 bits per heavy atom. The number of rotatable bonds is 6. The molecule has 3 rings (SSSR count). The van der Waals surface area contributed by atoms with E-state index in [2.05, 4.69) is 4.98 Å². The largest absolute Gasteiger partial charge is 0.486 e. The first-order valence-electron chi connectivity index (χ1n) is 8.91. The summed E-state index contributed by atoms with van der Waals surface area (Å²) in [7, 11) is 0. The van der Waals surface area contributed by atoms with E-state index in [0.717, 1.165) is 17.7 Å². The SMILES string of the molecule is CC[C@H](Oc1ccc(C(=O)O)cc1)c1ccc(-c2ccc(C(F)(F)F)cc2)nc1. The minimum atomic E-state index is -4.37. The second-order valence-electron chi connectivity index (χ2n) is 6.40. The first-order chi connectivity index (χ1) is 13.8. The highest BCUT2D eigenvalue weighted by atomic mass is 19.4. The van der Waals surface area contributed by atoms with Crippen molar-refractivity contribution in [1.29, 1.82) is 0 Å². The Morgan fingerprint density at radius 1 is 1.03 bits per heavy atom. The molecule has 1 heterocycles. The normalized spacial score (nSPS) is 12.4. The summed E-state index contributed by atoms with van der Waals surface area (Å²) in [6.07, 6.45) is -2.38. The van der Waals surface area contributed by atoms with E-state index >= 15 is 0 Å². The quantitative estimate of drug-likeness (QED) is 0.551. The van der Waals surface area contributed by atoms with Crippen LogP contribution < -0.4 is 4.74 Å². The van der Waals surface area contributed by atoms with Crippen molar-refractivity contribution in [3.05, 3.63) is 83.6 Å². The minimum Gasteiger partial charge on any atom is -0.486 e. The van der Waals surface area contributed by atoms with Crippen LogP contribution in [0.1, 0.15) is 40.9 Å². The molecule has 0 spiro atoms. The summed E-state index contributed by atoms with van der Waals surface area (Å²) in [6, 6.07) is 14.5. The van der Waals surface area contributed by atoms with E-state index < -0.39 is 17.7 Å². The van der Waals surface area contributed by atoms with Crippen LogP contribution in [-0.4, -0.2) is 16.1 Å². The van der Waals surface area contributed by atoms with Crippen molar-refractivity contribution in [2.24, 2.45) is 0 Å². The maximum atomic E-state index is 12.7. The van der Waals surface area contributed by atoms with Gasteiger partial charge < -0.3 is 9.84 Å². The van der Waals surface area contributed by atoms with E-state index in [9.17, 15) is 18.0 Å². The molecule has 0 aliphatic carbocycles. The highest BCUT2D eigenvalue weighted by Crippen LogP contribution is 2.31. The van der Waals surface area contributed by atoms with E-state index in [1.54, 1.807) is 24.4 Å². The zero-order valence-electron chi connectivity index (χ0n) is 15.5. The number of halogens is 3. The lowest BCUT2D eigenvalue weighted by Crippen LogP contribution is -2.07. The maximum Gasteiger partial charge on any atom is 0.416 e. The number of pyridine rings is 1. The summed E-state index contributed by atoms with van der Waals surface area (Å²) in [6.45, 7) is 1.94. The molecule has 150 valence electrons. The van der Waals surface area contributed by atoms with Gasteiger partial charge in [-0.2, -0.15) is 13.2 Å². The number of alkyl halides is 3. The van der Waals surface area contributed by atoms with Gasteiger partial charge in [-0.15, -0.1) is 0 Å². The van der Waals surface area contributed by atoms with E-state index in [1.807, 2.05) is 13.0 Å². The van der Waals surface area contributed by atoms with Crippen LogP contribution in [0.3, 0.4) is 0 Å². The van der Waals surface area contributed by atoms with Gasteiger partial charge in [0.15, 0.2) is 0 Å². The number of carboxylic acid groups (broad SMARTS) is 1. The van der Waals surface area contributed by atoms with Gasteiger partial charge in [0.25, 0.3) is 0 Å². The number of benzene rings is 2. The van der Waals surface area contributed by atoms with Crippen molar-refractivity contribution in [1.82, 2.24) is 4.98 Å². The topological polar surface area (TPSA) is 59.4 Å². The second-order valence-corrected chi connectivity index (χ2v) is 6.40. The molecule has 29 heavy (non-hydrogen) atoms. The molecule has 7 heteroatoms. The molecule has 0 unspecified atom stereocenters. The third-order valence-corrected chi connectivity index (χ3v) is 4.42. The summed E-state index contributed by atoms with van der Waals surface area (Å²) in [4.78, 5) is 15.3. The molecule has 0 saturated carbocycles. The zero-order chi connectivity index (χ0) is 21.0. The average Bonchev–Trinajstić information content (AvgIpc) is 2.72. The molecule has 3 aromatic rings. The predicted molar refractivity (Wildman–Crippen MR) is 102 cm³/mol. The fraction of sp³-hybridized carbons (Fsp3) is 0.182. The average molecular weight is 401 g/mol. The van der Waals surface area contributed by atoms with Crippen molar-refractivity contribution in [2.75, 3.05) is 0 Å². The van der Waals surface area contributed by atoms with Gasteiger partial charge in [-0.1, -0.05) is 25.1 Å². The molecule has 1 aromatic heterocycles. The fourth-order valence-corrected chi connectivity index (χ4v) is 2.82. The number of hydrogen-bond acceptors (Lipinski definition) is 3. The van der Waals surface area contributed by atoms with Gasteiger partial charge in [0.2, 0.25) is 0 Å². The highest BCUT2D eigenvalue weighted by Gasteiger charge is 2.30. The third-order valence-electron chi connectivity index (χ3n) is 4.42. The van der Waals surface area contributed by atoms with Crippen LogP contribution in [0.5, 0.6) is 5.75 Å². The Kier molecular flexibility index (Phi) is 5.87. The van der Waals surface area contributed by atoms with Crippen molar-refractivity contribution in [3.8, 4) is 17.0 Å². The Hall–Kier alpha value is -3.35. The van der Waals surface area contributed by atoms with Crippen LogP contribution in [-0.2, 0) is 6.18 Å². The lowest BCUT2D eigenvalue weighted by atomic mass is 10.1. The molecular formula is C22H18F3NO3. The van der Waals surface area contributed by atoms with Crippen LogP contribution in [0.2, 0.25) is 0 Å². The Morgan fingerprint density at radius 2 is 1.69 bits per heavy atom. The van der Waals surface area contributed by atoms with Crippen LogP contribution in [0, 0.1) is 0 Å². The minimum absolute atomic E-state index is 0.174. The maximum absolute atomic E-state index is 12.7. The monoisotopic (exact) mass is 401 g/mol. The molecule has 1 atom stereocenters. The number of ether oxygens (including phenoxy) is 1. The number of carboxylic acids is 1. The zero-order valence-corrected chi connectivity index (χ0v) is 15.5. The number of aromatic nitrogens is 1. The molecule has 0 radical (unpaired) electrons. The van der Waals surface area contributed by atoms with Gasteiger partial charge in [0, 0.05) is 17.3 Å². The summed E-state index contributed by atoms with van der Waals surface area (Å²) < 4.78 is 44.0. The Balaban J connectivity index is 1.74. The van der Waals surface area contributed by atoms with Gasteiger partial charge in [0.05, 0.1) is 16.8 Å². The summed E-state index contributed by atoms with van der Waals surface area (Å²) in [5.41, 5.74) is 1.43. The molecule has 0 saturated heterocycles. The van der Waals surface area contributed by atoms with Gasteiger partial charge in [-0.3, -0.25) is 4.98 Å². The predicted octanol–water partition coefficient (Wildman–Crippen LogP) is 6.00. The summed E-state index contributed by atoms with van der Waals surface area (Å²) in [5, 5.41) is 8.95. The van der Waals surface area contributed by atoms with Gasteiger partial charge in [0.1, 0.15) is 11.9 Å². The molecule has 0 aliphatic heterocycles. The first-order valence-corrected chi connectivity index (χ1v) is 8.91. The van der Waals surface area contributed by atoms with Crippen molar-refractivity contribution < 1.29 is 27.8 Å². The van der Waals surface area contributed by atoms with E-state index in [0.29, 0.717) is 23.4 Å². The third kappa shape index (κ3) is 4.93. The smallest absolute Gasteiger partial charge is 0.416 e. The van der Waals surface area contributed by atoms with Gasteiger partial charge in [-0.05, 0) is 48.9 Å². The van der Waals surface area contributed by atoms with Crippen LogP contribution in [0.4, 0.5) is 13.2 Å². The first kappa shape index (κ1) is 20.4. The number of carbonyl (C=O) groups is 1. The Labute approximate surface area is 165 Å². The molecule has 0 fully saturated rings. The van der Waals surface area contributed by atoms with Gasteiger partial charge in [-0.25, -0.2) is 4.79 Å². The molecule has 1 N–H and O–H groups in total. The number of aromatic carboxylic acids is 1. The van der Waals surface area contributed by atoms with E-state index in [4.69, 9.17) is 9.84 Å². The van der Waals surface area contributed by atoms with Crippen LogP contribution in [0.25, 0.3) is 11.3 Å². The van der Waals surface area contributed by atoms with Crippen molar-refractivity contribution in [3.63, 3.8) is 0 Å². The van der Waals surface area contributed by atoms with Gasteiger partial charge >= 0.3 is 12.1 Å². The molecular weight excluding hydrogens is 383 g/mol. The lowest BCUT2D eigenvalue weighted by Gasteiger charge is -2.18. The van der Waals surface area contributed by atoms with E-state index in [1.165, 1.54) is 24.3 Å².